The first-order chi connectivity index (χ1) is 13.8. The van der Waals surface area contributed by atoms with E-state index in [1.54, 1.807) is 27.3 Å². The smallest absolute Gasteiger partial charge is 0.497 e. The fourth-order valence-electron chi connectivity index (χ4n) is 3.33. The van der Waals surface area contributed by atoms with Crippen LogP contribution in [0.4, 0.5) is 14.9 Å². The maximum absolute atomic E-state index is 13.9. The fraction of sp³-hybridized carbons (Fsp3) is 0.409. The molecule has 0 aliphatic carbocycles. The number of benzene rings is 2. The van der Waals surface area contributed by atoms with Gasteiger partial charge in [-0.1, -0.05) is 24.3 Å². The Morgan fingerprint density at radius 2 is 1.55 bits per heavy atom. The number of carbonyl (C=O) groups excluding carboxylic acids is 1. The van der Waals surface area contributed by atoms with E-state index in [0.717, 1.165) is 31.9 Å². The van der Waals surface area contributed by atoms with Crippen LogP contribution >= 0.6 is 12.4 Å². The van der Waals surface area contributed by atoms with Crippen LogP contribution in [0, 0.1) is 5.82 Å². The van der Waals surface area contributed by atoms with Crippen molar-refractivity contribution in [2.45, 2.75) is 13.0 Å². The molecule has 2 saturated heterocycles. The van der Waals surface area contributed by atoms with Crippen LogP contribution in [-0.2, 0) is 4.84 Å². The summed E-state index contributed by atoms with van der Waals surface area (Å²) in [6, 6.07) is 15.6. The summed E-state index contributed by atoms with van der Waals surface area (Å²) in [5.41, 5.74) is 1.99. The lowest BCUT2D eigenvalue weighted by Crippen LogP contribution is -2.47. The summed E-state index contributed by atoms with van der Waals surface area (Å²) in [4.78, 5) is 18.9. The third-order valence-corrected chi connectivity index (χ3v) is 5.37. The lowest BCUT2D eigenvalue weighted by atomic mass is 10.1. The quantitative estimate of drug-likeness (QED) is 0.520. The van der Waals surface area contributed by atoms with Gasteiger partial charge in [-0.2, -0.15) is 4.79 Å². The minimum absolute atomic E-state index is 0. The van der Waals surface area contributed by atoms with Gasteiger partial charge in [0.05, 0.1) is 12.8 Å². The topological polar surface area (TPSA) is 76.8 Å². The molecule has 31 heavy (non-hydrogen) atoms. The largest absolute Gasteiger partial charge is 0.609 e. The number of hydrogen-bond acceptors (Lipinski definition) is 5. The van der Waals surface area contributed by atoms with Crippen LogP contribution in [0.25, 0.3) is 0 Å². The fourth-order valence-corrected chi connectivity index (χ4v) is 3.33. The van der Waals surface area contributed by atoms with Gasteiger partial charge in [-0.05, 0) is 41.4 Å². The molecule has 9 heteroatoms. The second-order valence-electron chi connectivity index (χ2n) is 7.63. The maximum atomic E-state index is 13.9. The number of hydroxylamine groups is 3. The molecule has 1 unspecified atom stereocenters. The molecule has 172 valence electrons. The number of ether oxygens (including phenoxy) is 1. The molecule has 2 N–H and O–H groups in total. The van der Waals surface area contributed by atoms with Gasteiger partial charge in [-0.3, -0.25) is 4.90 Å². The van der Waals surface area contributed by atoms with Crippen molar-refractivity contribution in [2.24, 2.45) is 0 Å². The molecule has 1 atom stereocenters. The van der Waals surface area contributed by atoms with Crippen LogP contribution in [0.1, 0.15) is 18.5 Å². The first kappa shape index (κ1) is 26.6. The molecule has 0 aromatic heterocycles. The molecule has 4 rings (SSSR count). The van der Waals surface area contributed by atoms with Crippen LogP contribution < -0.4 is 9.64 Å². The van der Waals surface area contributed by atoms with Gasteiger partial charge < -0.3 is 15.1 Å². The van der Waals surface area contributed by atoms with Crippen molar-refractivity contribution in [3.63, 3.8) is 0 Å². The second kappa shape index (κ2) is 11.3. The summed E-state index contributed by atoms with van der Waals surface area (Å²) < 4.78 is 19.2. The Kier molecular flexibility index (Phi) is 9.71. The highest BCUT2D eigenvalue weighted by Gasteiger charge is 2.53. The molecular weight excluding hydrogens is 425 g/mol. The molecule has 2 aromatic carbocycles. The third kappa shape index (κ3) is 6.80. The van der Waals surface area contributed by atoms with Gasteiger partial charge in [0.1, 0.15) is 25.7 Å². The Hall–Kier alpha value is -2.39. The summed E-state index contributed by atoms with van der Waals surface area (Å²) in [7, 11) is 5.05. The van der Waals surface area contributed by atoms with Gasteiger partial charge in [-0.25, -0.2) is 9.23 Å². The van der Waals surface area contributed by atoms with Crippen LogP contribution in [0.3, 0.4) is 0 Å². The first-order valence-electron chi connectivity index (χ1n) is 9.77. The zero-order chi connectivity index (χ0) is 21.0. The van der Waals surface area contributed by atoms with Crippen LogP contribution in [0.5, 0.6) is 5.75 Å². The van der Waals surface area contributed by atoms with Crippen molar-refractivity contribution >= 4 is 24.2 Å². The van der Waals surface area contributed by atoms with Crippen molar-refractivity contribution in [3.8, 4) is 5.75 Å². The molecule has 2 aliphatic heterocycles. The Labute approximate surface area is 189 Å². The number of methoxy groups -OCH3 is 1. The summed E-state index contributed by atoms with van der Waals surface area (Å²) in [6.45, 7) is 5.78. The molecule has 2 aliphatic rings. The third-order valence-electron chi connectivity index (χ3n) is 5.37. The summed E-state index contributed by atoms with van der Waals surface area (Å²) in [5, 5.41) is 0. The van der Waals surface area contributed by atoms with Crippen molar-refractivity contribution < 1.29 is 28.9 Å². The second-order valence-corrected chi connectivity index (χ2v) is 7.63. The van der Waals surface area contributed by atoms with Crippen LogP contribution in [-0.4, -0.2) is 68.5 Å². The van der Waals surface area contributed by atoms with Gasteiger partial charge in [0.15, 0.2) is 0 Å². The first-order valence-corrected chi connectivity index (χ1v) is 9.77. The van der Waals surface area contributed by atoms with Crippen molar-refractivity contribution in [1.29, 1.82) is 0 Å². The van der Waals surface area contributed by atoms with E-state index in [1.807, 2.05) is 24.3 Å². The van der Waals surface area contributed by atoms with Gasteiger partial charge >= 0.3 is 6.09 Å². The molecule has 2 fully saturated rings. The monoisotopic (exact) mass is 456 g/mol. The SMILES string of the molecule is COc1ccc(C(C)N2CCN(c3ccccc3F)CC2)cc1.C[N+]1(C)OC1=O.Cl.O. The molecule has 0 radical (unpaired) electrons. The molecule has 2 aromatic rings. The number of nitrogens with zero attached hydrogens (tertiary/aromatic N) is 3. The molecular formula is C22H32ClFN3O4+. The molecule has 7 nitrogen and oxygen atoms in total. The van der Waals surface area contributed by atoms with E-state index in [9.17, 15) is 9.18 Å². The van der Waals surface area contributed by atoms with E-state index in [1.165, 1.54) is 11.6 Å². The highest BCUT2D eigenvalue weighted by molar-refractivity contribution is 5.85. The summed E-state index contributed by atoms with van der Waals surface area (Å²) in [5.74, 6) is 0.745. The van der Waals surface area contributed by atoms with Gasteiger partial charge in [0, 0.05) is 32.2 Å². The lowest BCUT2D eigenvalue weighted by Gasteiger charge is -2.39. The van der Waals surface area contributed by atoms with Crippen molar-refractivity contribution in [2.75, 3.05) is 52.3 Å². The lowest BCUT2D eigenvalue weighted by molar-refractivity contribution is -0.856. The number of rotatable bonds is 4. The minimum Gasteiger partial charge on any atom is -0.497 e. The predicted molar refractivity (Wildman–Crippen MR) is 121 cm³/mol. The van der Waals surface area contributed by atoms with E-state index >= 15 is 0 Å². The number of piperazine rings is 1. The average molecular weight is 457 g/mol. The Bertz CT molecular complexity index is 843. The molecule has 0 saturated carbocycles. The van der Waals surface area contributed by atoms with Crippen molar-refractivity contribution in [3.05, 3.63) is 59.9 Å². The molecule has 0 spiro atoms. The number of amides is 1. The number of halogens is 2. The number of para-hydroxylation sites is 1. The zero-order valence-corrected chi connectivity index (χ0v) is 19.2. The van der Waals surface area contributed by atoms with Gasteiger partial charge in [-0.15, -0.1) is 12.4 Å². The average Bonchev–Trinajstić information content (AvgIpc) is 3.31. The number of carbonyl (C=O) groups is 1. The van der Waals surface area contributed by atoms with Gasteiger partial charge in [0.25, 0.3) is 0 Å². The van der Waals surface area contributed by atoms with Crippen LogP contribution in [0.2, 0.25) is 0 Å². The minimum atomic E-state index is -0.157. The predicted octanol–water partition coefficient (Wildman–Crippen LogP) is 3.44. The standard InChI is InChI=1S/C19H23FN2O.C3H6NO2.ClH.H2O/c1-15(16-7-9-17(23-2)10-8-16)21-11-13-22(14-12-21)19-6-4-3-5-18(19)20;1-4(2)3(5)6-4;;/h3-10,15H,11-14H2,1-2H3;1-2H3;1H;1H2/q;+1;;. The molecule has 0 bridgehead atoms. The number of hydrogen-bond donors (Lipinski definition) is 0. The van der Waals surface area contributed by atoms with E-state index < -0.39 is 0 Å². The summed E-state index contributed by atoms with van der Waals surface area (Å²) in [6.07, 6.45) is -0.157. The summed E-state index contributed by atoms with van der Waals surface area (Å²) >= 11 is 0. The highest BCUT2D eigenvalue weighted by Crippen LogP contribution is 2.26. The highest BCUT2D eigenvalue weighted by atomic mass is 35.5. The normalized spacial score (nSPS) is 17.7. The Morgan fingerprint density at radius 1 is 1.03 bits per heavy atom. The number of quaternary nitrogens is 1. The van der Waals surface area contributed by atoms with E-state index in [4.69, 9.17) is 4.74 Å². The zero-order valence-electron chi connectivity index (χ0n) is 18.4. The van der Waals surface area contributed by atoms with Crippen molar-refractivity contribution in [1.82, 2.24) is 4.90 Å². The molecule has 1 amide bonds. The van der Waals surface area contributed by atoms with E-state index in [0.29, 0.717) is 11.7 Å². The Balaban J connectivity index is 0.000000522. The van der Waals surface area contributed by atoms with Gasteiger partial charge in [0.2, 0.25) is 0 Å². The van der Waals surface area contributed by atoms with E-state index in [-0.39, 0.29) is 34.4 Å². The van der Waals surface area contributed by atoms with Crippen LogP contribution in [0.15, 0.2) is 48.5 Å². The molecule has 2 heterocycles. The maximum Gasteiger partial charge on any atom is 0.609 e. The Morgan fingerprint density at radius 3 is 2.00 bits per heavy atom. The number of anilines is 1. The van der Waals surface area contributed by atoms with E-state index in [2.05, 4.69) is 33.7 Å².